The lowest BCUT2D eigenvalue weighted by Gasteiger charge is -2.06. The van der Waals surface area contributed by atoms with Gasteiger partial charge in [0.25, 0.3) is 5.91 Å². The van der Waals surface area contributed by atoms with Crippen LogP contribution in [0.25, 0.3) is 10.2 Å². The molecule has 0 spiro atoms. The largest absolute Gasteiger partial charge is 0.465 e. The number of aryl methyl sites for hydroxylation is 3. The first-order valence-corrected chi connectivity index (χ1v) is 11.6. The first-order valence-electron chi connectivity index (χ1n) is 10.8. The molecule has 0 N–H and O–H groups in total. The molecule has 0 bridgehead atoms. The second-order valence-corrected chi connectivity index (χ2v) is 8.79. The molecule has 31 heavy (non-hydrogen) atoms. The van der Waals surface area contributed by atoms with E-state index in [1.807, 2.05) is 31.2 Å². The normalized spacial score (nSPS) is 11.8. The van der Waals surface area contributed by atoms with Gasteiger partial charge in [-0.3, -0.25) is 9.59 Å². The summed E-state index contributed by atoms with van der Waals surface area (Å²) in [7, 11) is 0. The van der Waals surface area contributed by atoms with Gasteiger partial charge in [-0.2, -0.15) is 4.99 Å². The van der Waals surface area contributed by atoms with Gasteiger partial charge in [-0.05, 0) is 68.0 Å². The molecule has 0 radical (unpaired) electrons. The van der Waals surface area contributed by atoms with Crippen molar-refractivity contribution >= 4 is 33.4 Å². The van der Waals surface area contributed by atoms with E-state index in [-0.39, 0.29) is 24.8 Å². The van der Waals surface area contributed by atoms with Crippen molar-refractivity contribution in [1.82, 2.24) is 4.57 Å². The summed E-state index contributed by atoms with van der Waals surface area (Å²) in [6.07, 6.45) is 3.52. The van der Waals surface area contributed by atoms with Gasteiger partial charge < -0.3 is 9.30 Å². The molecule has 0 saturated heterocycles. The lowest BCUT2D eigenvalue weighted by atomic mass is 10.0. The van der Waals surface area contributed by atoms with Gasteiger partial charge in [-0.15, -0.1) is 0 Å². The van der Waals surface area contributed by atoms with E-state index >= 15 is 0 Å². The highest BCUT2D eigenvalue weighted by atomic mass is 32.1. The van der Waals surface area contributed by atoms with Gasteiger partial charge in [0.05, 0.1) is 23.2 Å². The Morgan fingerprint density at radius 1 is 1.03 bits per heavy atom. The minimum atomic E-state index is -0.333. The number of thiazole rings is 1. The fourth-order valence-electron chi connectivity index (χ4n) is 3.46. The fraction of sp³-hybridized carbons (Fsp3) is 0.400. The Balaban J connectivity index is 1.97. The van der Waals surface area contributed by atoms with Crippen molar-refractivity contribution in [3.63, 3.8) is 0 Å². The monoisotopic (exact) mass is 438 g/mol. The molecule has 0 aliphatic rings. The third-order valence-corrected chi connectivity index (χ3v) is 6.35. The van der Waals surface area contributed by atoms with Gasteiger partial charge in [0.1, 0.15) is 6.54 Å². The standard InChI is InChI=1S/C25H30N2O3S/c1-5-7-8-19-11-12-21-22(14-19)31-25(27(21)16-24(29)30-6-2)26-23(28)15-20-10-9-17(3)18(4)13-20/h9-14H,5-8,15-16H2,1-4H3. The summed E-state index contributed by atoms with van der Waals surface area (Å²) in [5.74, 6) is -0.557. The molecular weight excluding hydrogens is 408 g/mol. The highest BCUT2D eigenvalue weighted by Crippen LogP contribution is 2.21. The van der Waals surface area contributed by atoms with Crippen molar-refractivity contribution in [2.45, 2.75) is 59.9 Å². The molecule has 3 rings (SSSR count). The number of ether oxygens (including phenoxy) is 1. The molecule has 0 aliphatic heterocycles. The summed E-state index contributed by atoms with van der Waals surface area (Å²) < 4.78 is 7.95. The molecule has 164 valence electrons. The van der Waals surface area contributed by atoms with Crippen molar-refractivity contribution < 1.29 is 14.3 Å². The van der Waals surface area contributed by atoms with Gasteiger partial charge in [-0.25, -0.2) is 0 Å². The second kappa shape index (κ2) is 10.5. The van der Waals surface area contributed by atoms with Crippen LogP contribution in [-0.2, 0) is 33.7 Å². The van der Waals surface area contributed by atoms with Crippen molar-refractivity contribution in [1.29, 1.82) is 0 Å². The van der Waals surface area contributed by atoms with Gasteiger partial charge >= 0.3 is 5.97 Å². The van der Waals surface area contributed by atoms with Gasteiger partial charge in [-0.1, -0.05) is 48.9 Å². The maximum absolute atomic E-state index is 12.7. The van der Waals surface area contributed by atoms with Crippen LogP contribution in [0, 0.1) is 13.8 Å². The average molecular weight is 439 g/mol. The van der Waals surface area contributed by atoms with E-state index < -0.39 is 0 Å². The molecule has 0 saturated carbocycles. The molecule has 0 unspecified atom stereocenters. The lowest BCUT2D eigenvalue weighted by molar-refractivity contribution is -0.143. The number of esters is 1. The van der Waals surface area contributed by atoms with Gasteiger partial charge in [0, 0.05) is 0 Å². The molecule has 0 fully saturated rings. The maximum Gasteiger partial charge on any atom is 0.326 e. The van der Waals surface area contributed by atoms with Crippen LogP contribution in [0.1, 0.15) is 48.9 Å². The van der Waals surface area contributed by atoms with Crippen molar-refractivity contribution in [2.75, 3.05) is 6.61 Å². The summed E-state index contributed by atoms with van der Waals surface area (Å²) >= 11 is 1.44. The first-order chi connectivity index (χ1) is 14.9. The first kappa shape index (κ1) is 22.9. The van der Waals surface area contributed by atoms with E-state index in [0.717, 1.165) is 40.6 Å². The number of rotatable bonds is 8. The van der Waals surface area contributed by atoms with E-state index in [1.54, 1.807) is 11.5 Å². The minimum absolute atomic E-state index is 0.0396. The Labute approximate surface area is 187 Å². The minimum Gasteiger partial charge on any atom is -0.465 e. The predicted molar refractivity (Wildman–Crippen MR) is 125 cm³/mol. The zero-order chi connectivity index (χ0) is 22.4. The average Bonchev–Trinajstić information content (AvgIpc) is 3.05. The number of benzene rings is 2. The molecule has 1 amide bonds. The quantitative estimate of drug-likeness (QED) is 0.470. The number of unbranched alkanes of at least 4 members (excludes halogenated alkanes) is 1. The van der Waals surface area contributed by atoms with Crippen LogP contribution in [0.15, 0.2) is 41.4 Å². The van der Waals surface area contributed by atoms with Crippen molar-refractivity contribution in [3.8, 4) is 0 Å². The van der Waals surface area contributed by atoms with Crippen molar-refractivity contribution in [3.05, 3.63) is 63.5 Å². The third-order valence-electron chi connectivity index (χ3n) is 5.31. The summed E-state index contributed by atoms with van der Waals surface area (Å²) in [4.78, 5) is 29.8. The smallest absolute Gasteiger partial charge is 0.326 e. The number of fused-ring (bicyclic) bond motifs is 1. The number of hydrogen-bond acceptors (Lipinski definition) is 4. The van der Waals surface area contributed by atoms with Crippen LogP contribution in [-0.4, -0.2) is 23.1 Å². The third kappa shape index (κ3) is 5.91. The SMILES string of the molecule is CCCCc1ccc2c(c1)sc(=NC(=O)Cc1ccc(C)c(C)c1)n2CC(=O)OCC. The van der Waals surface area contributed by atoms with E-state index in [2.05, 4.69) is 31.0 Å². The lowest BCUT2D eigenvalue weighted by Crippen LogP contribution is -2.23. The predicted octanol–water partition coefficient (Wildman–Crippen LogP) is 4.90. The summed E-state index contributed by atoms with van der Waals surface area (Å²) in [5.41, 5.74) is 5.45. The zero-order valence-corrected chi connectivity index (χ0v) is 19.6. The molecule has 0 atom stereocenters. The summed E-state index contributed by atoms with van der Waals surface area (Å²) in [5, 5.41) is 0. The van der Waals surface area contributed by atoms with Crippen LogP contribution in [0.3, 0.4) is 0 Å². The molecular formula is C25H30N2O3S. The molecule has 3 aromatic rings. The Morgan fingerprint density at radius 2 is 1.81 bits per heavy atom. The number of amides is 1. The summed E-state index contributed by atoms with van der Waals surface area (Å²) in [6, 6.07) is 12.3. The number of carbonyl (C=O) groups excluding carboxylic acids is 2. The Hall–Kier alpha value is -2.73. The highest BCUT2D eigenvalue weighted by molar-refractivity contribution is 7.16. The highest BCUT2D eigenvalue weighted by Gasteiger charge is 2.13. The van der Waals surface area contributed by atoms with Crippen molar-refractivity contribution in [2.24, 2.45) is 4.99 Å². The number of carbonyl (C=O) groups is 2. The topological polar surface area (TPSA) is 60.7 Å². The Morgan fingerprint density at radius 3 is 2.52 bits per heavy atom. The second-order valence-electron chi connectivity index (χ2n) is 7.78. The number of aromatic nitrogens is 1. The molecule has 1 aromatic heterocycles. The zero-order valence-electron chi connectivity index (χ0n) is 18.7. The number of nitrogens with zero attached hydrogens (tertiary/aromatic N) is 2. The molecule has 0 aliphatic carbocycles. The van der Waals surface area contributed by atoms with E-state index in [0.29, 0.717) is 11.4 Å². The number of hydrogen-bond donors (Lipinski definition) is 0. The van der Waals surface area contributed by atoms with E-state index in [1.165, 1.54) is 22.5 Å². The molecule has 5 nitrogen and oxygen atoms in total. The maximum atomic E-state index is 12.7. The molecule has 2 aromatic carbocycles. The fourth-order valence-corrected chi connectivity index (χ4v) is 4.57. The molecule has 1 heterocycles. The van der Waals surface area contributed by atoms with E-state index in [4.69, 9.17) is 4.74 Å². The Bertz CT molecular complexity index is 1160. The van der Waals surface area contributed by atoms with E-state index in [9.17, 15) is 9.59 Å². The Kier molecular flexibility index (Phi) is 7.80. The summed E-state index contributed by atoms with van der Waals surface area (Å²) in [6.45, 7) is 8.41. The van der Waals surface area contributed by atoms with Crippen LogP contribution in [0.4, 0.5) is 0 Å². The van der Waals surface area contributed by atoms with Crippen LogP contribution in [0.5, 0.6) is 0 Å². The van der Waals surface area contributed by atoms with Crippen LogP contribution >= 0.6 is 11.3 Å². The molecule has 6 heteroatoms. The van der Waals surface area contributed by atoms with Gasteiger partial charge in [0.15, 0.2) is 4.80 Å². The van der Waals surface area contributed by atoms with Crippen LogP contribution < -0.4 is 4.80 Å². The van der Waals surface area contributed by atoms with Gasteiger partial charge in [0.2, 0.25) is 0 Å². The van der Waals surface area contributed by atoms with Crippen LogP contribution in [0.2, 0.25) is 0 Å².